The highest BCUT2D eigenvalue weighted by Gasteiger charge is 2.26. The standard InChI is InChI=1S/C21H25N3O4S/c1-14(2)24(3)29(27,28)17-11-9-16(10-12-17)22-20(25)21(26)23-19-13-8-15-6-4-5-7-18(15)19/h4-7,9-12,14,19H,8,13H2,1-3H3,(H,22,25)(H,23,26). The third-order valence-corrected chi connectivity index (χ3v) is 7.21. The molecule has 3 rings (SSSR count). The fraction of sp³-hybridized carbons (Fsp3) is 0.333. The van der Waals surface area contributed by atoms with Crippen molar-refractivity contribution in [3.8, 4) is 0 Å². The van der Waals surface area contributed by atoms with Gasteiger partial charge in [-0.05, 0) is 62.1 Å². The molecule has 2 aromatic rings. The first-order valence-corrected chi connectivity index (χ1v) is 10.9. The number of carbonyl (C=O) groups excluding carboxylic acids is 2. The number of sulfonamides is 1. The second-order valence-electron chi connectivity index (χ2n) is 7.36. The summed E-state index contributed by atoms with van der Waals surface area (Å²) in [6, 6.07) is 13.3. The maximum absolute atomic E-state index is 12.5. The third kappa shape index (κ3) is 4.49. The van der Waals surface area contributed by atoms with Crippen molar-refractivity contribution in [2.45, 2.75) is 43.7 Å². The number of aryl methyl sites for hydroxylation is 1. The molecule has 2 amide bonds. The van der Waals surface area contributed by atoms with E-state index >= 15 is 0 Å². The smallest absolute Gasteiger partial charge is 0.313 e. The molecule has 0 radical (unpaired) electrons. The molecule has 154 valence electrons. The SMILES string of the molecule is CC(C)N(C)S(=O)(=O)c1ccc(NC(=O)C(=O)NC2CCc3ccccc32)cc1. The molecule has 0 aliphatic heterocycles. The molecule has 1 unspecified atom stereocenters. The van der Waals surface area contributed by atoms with Gasteiger partial charge in [0, 0.05) is 18.8 Å². The van der Waals surface area contributed by atoms with Crippen LogP contribution in [0.1, 0.15) is 37.4 Å². The van der Waals surface area contributed by atoms with Crippen molar-refractivity contribution in [1.29, 1.82) is 0 Å². The van der Waals surface area contributed by atoms with Gasteiger partial charge in [0.05, 0.1) is 10.9 Å². The van der Waals surface area contributed by atoms with Crippen molar-refractivity contribution in [3.63, 3.8) is 0 Å². The number of amides is 2. The van der Waals surface area contributed by atoms with E-state index in [0.29, 0.717) is 5.69 Å². The van der Waals surface area contributed by atoms with E-state index in [-0.39, 0.29) is 17.0 Å². The van der Waals surface area contributed by atoms with E-state index in [1.165, 1.54) is 41.2 Å². The molecule has 0 saturated carbocycles. The summed E-state index contributed by atoms with van der Waals surface area (Å²) in [7, 11) is -2.09. The fourth-order valence-corrected chi connectivity index (χ4v) is 4.64. The highest BCUT2D eigenvalue weighted by atomic mass is 32.2. The van der Waals surface area contributed by atoms with Crippen LogP contribution in [0.4, 0.5) is 5.69 Å². The molecular formula is C21H25N3O4S. The van der Waals surface area contributed by atoms with Crippen molar-refractivity contribution in [2.24, 2.45) is 0 Å². The molecule has 2 N–H and O–H groups in total. The molecule has 1 aliphatic carbocycles. The maximum Gasteiger partial charge on any atom is 0.313 e. The summed E-state index contributed by atoms with van der Waals surface area (Å²) in [5.41, 5.74) is 2.57. The van der Waals surface area contributed by atoms with Gasteiger partial charge in [-0.15, -0.1) is 0 Å². The summed E-state index contributed by atoms with van der Waals surface area (Å²) < 4.78 is 26.2. The van der Waals surface area contributed by atoms with Crippen LogP contribution in [0.25, 0.3) is 0 Å². The minimum absolute atomic E-state index is 0.124. The molecule has 0 saturated heterocycles. The number of anilines is 1. The van der Waals surface area contributed by atoms with E-state index in [1.54, 1.807) is 13.8 Å². The Labute approximate surface area is 171 Å². The number of hydrogen-bond donors (Lipinski definition) is 2. The lowest BCUT2D eigenvalue weighted by Gasteiger charge is -2.21. The van der Waals surface area contributed by atoms with Crippen molar-refractivity contribution in [1.82, 2.24) is 9.62 Å². The normalized spacial score (nSPS) is 16.0. The summed E-state index contributed by atoms with van der Waals surface area (Å²) >= 11 is 0. The summed E-state index contributed by atoms with van der Waals surface area (Å²) in [6.45, 7) is 3.57. The first-order valence-electron chi connectivity index (χ1n) is 9.48. The van der Waals surface area contributed by atoms with Gasteiger partial charge in [-0.2, -0.15) is 4.31 Å². The molecule has 29 heavy (non-hydrogen) atoms. The van der Waals surface area contributed by atoms with Crippen LogP contribution in [0.3, 0.4) is 0 Å². The molecule has 1 atom stereocenters. The number of nitrogens with zero attached hydrogens (tertiary/aromatic N) is 1. The van der Waals surface area contributed by atoms with Gasteiger partial charge in [-0.1, -0.05) is 24.3 Å². The predicted molar refractivity (Wildman–Crippen MR) is 111 cm³/mol. The largest absolute Gasteiger partial charge is 0.341 e. The zero-order valence-corrected chi connectivity index (χ0v) is 17.5. The molecular weight excluding hydrogens is 390 g/mol. The molecule has 0 aromatic heterocycles. The number of carbonyl (C=O) groups is 2. The number of rotatable bonds is 5. The highest BCUT2D eigenvalue weighted by Crippen LogP contribution is 2.30. The van der Waals surface area contributed by atoms with Crippen molar-refractivity contribution >= 4 is 27.5 Å². The topological polar surface area (TPSA) is 95.6 Å². The highest BCUT2D eigenvalue weighted by molar-refractivity contribution is 7.89. The monoisotopic (exact) mass is 415 g/mol. The van der Waals surface area contributed by atoms with Crippen LogP contribution in [0.2, 0.25) is 0 Å². The van der Waals surface area contributed by atoms with Gasteiger partial charge < -0.3 is 10.6 Å². The van der Waals surface area contributed by atoms with Crippen LogP contribution < -0.4 is 10.6 Å². The summed E-state index contributed by atoms with van der Waals surface area (Å²) in [5, 5.41) is 5.28. The van der Waals surface area contributed by atoms with Gasteiger partial charge in [0.25, 0.3) is 0 Å². The van der Waals surface area contributed by atoms with Gasteiger partial charge in [-0.3, -0.25) is 9.59 Å². The summed E-state index contributed by atoms with van der Waals surface area (Å²) in [4.78, 5) is 24.6. The Morgan fingerprint density at radius 1 is 1.03 bits per heavy atom. The molecule has 7 nitrogen and oxygen atoms in total. The van der Waals surface area contributed by atoms with E-state index in [2.05, 4.69) is 10.6 Å². The zero-order valence-electron chi connectivity index (χ0n) is 16.7. The molecule has 2 aromatic carbocycles. The quantitative estimate of drug-likeness (QED) is 0.734. The van der Waals surface area contributed by atoms with E-state index in [4.69, 9.17) is 0 Å². The number of nitrogens with one attached hydrogen (secondary N) is 2. The van der Waals surface area contributed by atoms with E-state index < -0.39 is 21.8 Å². The minimum atomic E-state index is -3.60. The van der Waals surface area contributed by atoms with Crippen molar-refractivity contribution < 1.29 is 18.0 Å². The second kappa shape index (κ2) is 8.34. The van der Waals surface area contributed by atoms with Crippen LogP contribution in [0.15, 0.2) is 53.4 Å². The van der Waals surface area contributed by atoms with Gasteiger partial charge in [-0.25, -0.2) is 8.42 Å². The summed E-state index contributed by atoms with van der Waals surface area (Å²) in [5.74, 6) is -1.51. The fourth-order valence-electron chi connectivity index (χ4n) is 3.27. The van der Waals surface area contributed by atoms with E-state index in [9.17, 15) is 18.0 Å². The number of hydrogen-bond acceptors (Lipinski definition) is 4. The Morgan fingerprint density at radius 2 is 1.69 bits per heavy atom. The average Bonchev–Trinajstić information content (AvgIpc) is 3.10. The Balaban J connectivity index is 1.63. The Morgan fingerprint density at radius 3 is 2.34 bits per heavy atom. The molecule has 1 aliphatic rings. The summed E-state index contributed by atoms with van der Waals surface area (Å²) in [6.07, 6.45) is 1.62. The van der Waals surface area contributed by atoms with E-state index in [1.807, 2.05) is 24.3 Å². The van der Waals surface area contributed by atoms with Crippen LogP contribution >= 0.6 is 0 Å². The lowest BCUT2D eigenvalue weighted by atomic mass is 10.1. The van der Waals surface area contributed by atoms with Gasteiger partial charge >= 0.3 is 11.8 Å². The van der Waals surface area contributed by atoms with Crippen molar-refractivity contribution in [3.05, 3.63) is 59.7 Å². The van der Waals surface area contributed by atoms with Crippen LogP contribution in [0.5, 0.6) is 0 Å². The molecule has 0 spiro atoms. The second-order valence-corrected chi connectivity index (χ2v) is 9.35. The minimum Gasteiger partial charge on any atom is -0.341 e. The third-order valence-electron chi connectivity index (χ3n) is 5.16. The van der Waals surface area contributed by atoms with Crippen LogP contribution in [-0.2, 0) is 26.0 Å². The lowest BCUT2D eigenvalue weighted by Crippen LogP contribution is -2.37. The van der Waals surface area contributed by atoms with Gasteiger partial charge in [0.2, 0.25) is 10.0 Å². The molecule has 0 bridgehead atoms. The molecule has 8 heteroatoms. The number of benzene rings is 2. The number of fused-ring (bicyclic) bond motifs is 1. The first-order chi connectivity index (χ1) is 13.7. The van der Waals surface area contributed by atoms with Gasteiger partial charge in [0.15, 0.2) is 0 Å². The van der Waals surface area contributed by atoms with Crippen molar-refractivity contribution in [2.75, 3.05) is 12.4 Å². The first kappa shape index (κ1) is 21.0. The lowest BCUT2D eigenvalue weighted by molar-refractivity contribution is -0.136. The average molecular weight is 416 g/mol. The van der Waals surface area contributed by atoms with Gasteiger partial charge in [0.1, 0.15) is 0 Å². The van der Waals surface area contributed by atoms with Crippen LogP contribution in [0, 0.1) is 0 Å². The van der Waals surface area contributed by atoms with E-state index in [0.717, 1.165) is 18.4 Å². The Kier molecular flexibility index (Phi) is 6.04. The predicted octanol–water partition coefficient (Wildman–Crippen LogP) is 2.46. The molecule has 0 fully saturated rings. The van der Waals surface area contributed by atoms with Crippen LogP contribution in [-0.4, -0.2) is 37.6 Å². The zero-order chi connectivity index (χ0) is 21.2. The Hall–Kier alpha value is -2.71. The molecule has 0 heterocycles. The Bertz CT molecular complexity index is 1020. The maximum atomic E-state index is 12.5.